The first-order valence-corrected chi connectivity index (χ1v) is 6.73. The van der Waals surface area contributed by atoms with Gasteiger partial charge in [0.2, 0.25) is 0 Å². The van der Waals surface area contributed by atoms with E-state index in [0.29, 0.717) is 10.7 Å². The minimum absolute atomic E-state index is 0.0689. The van der Waals surface area contributed by atoms with Gasteiger partial charge in [-0.3, -0.25) is 9.20 Å². The molecule has 5 nitrogen and oxygen atoms in total. The molecule has 0 fully saturated rings. The molecule has 0 N–H and O–H groups in total. The predicted octanol–water partition coefficient (Wildman–Crippen LogP) is 2.21. The fraction of sp³-hybridized carbons (Fsp3) is 0.0714. The predicted molar refractivity (Wildman–Crippen MR) is 76.1 cm³/mol. The zero-order chi connectivity index (χ0) is 14.1. The van der Waals surface area contributed by atoms with Crippen molar-refractivity contribution in [2.75, 3.05) is 7.11 Å². The van der Waals surface area contributed by atoms with Crippen LogP contribution in [0.15, 0.2) is 46.7 Å². The Hall–Kier alpha value is -2.47. The van der Waals surface area contributed by atoms with Gasteiger partial charge in [0.05, 0.1) is 19.0 Å². The lowest BCUT2D eigenvalue weighted by molar-refractivity contribution is 0.0598. The van der Waals surface area contributed by atoms with Crippen molar-refractivity contribution >= 4 is 22.3 Å². The van der Waals surface area contributed by atoms with Crippen LogP contribution < -0.4 is 5.56 Å². The summed E-state index contributed by atoms with van der Waals surface area (Å²) < 4.78 is 6.04. The first-order valence-electron chi connectivity index (χ1n) is 5.85. The van der Waals surface area contributed by atoms with Gasteiger partial charge in [0.15, 0.2) is 4.96 Å². The average Bonchev–Trinajstić information content (AvgIpc) is 2.92. The van der Waals surface area contributed by atoms with Crippen LogP contribution in [0.2, 0.25) is 0 Å². The number of benzene rings is 1. The molecule has 0 saturated carbocycles. The third kappa shape index (κ3) is 1.90. The number of fused-ring (bicyclic) bond motifs is 1. The van der Waals surface area contributed by atoms with Crippen LogP contribution in [-0.4, -0.2) is 22.5 Å². The highest BCUT2D eigenvalue weighted by Gasteiger charge is 2.16. The van der Waals surface area contributed by atoms with Crippen molar-refractivity contribution in [3.63, 3.8) is 0 Å². The van der Waals surface area contributed by atoms with Crippen molar-refractivity contribution in [1.82, 2.24) is 9.38 Å². The van der Waals surface area contributed by atoms with Crippen molar-refractivity contribution < 1.29 is 9.53 Å². The zero-order valence-electron chi connectivity index (χ0n) is 10.6. The Balaban J connectivity index is 2.31. The molecule has 0 aliphatic rings. The topological polar surface area (TPSA) is 60.7 Å². The van der Waals surface area contributed by atoms with Gasteiger partial charge in [0, 0.05) is 5.38 Å². The smallest absolute Gasteiger partial charge is 0.345 e. The standard InChI is InChI=1S/C14H10N2O3S/c1-19-13(18)10-7-15-14-16(12(10)17)11(8-20-14)9-5-3-2-4-6-9/h2-8H,1H3. The Morgan fingerprint density at radius 1 is 1.30 bits per heavy atom. The number of hydrogen-bond donors (Lipinski definition) is 0. The van der Waals surface area contributed by atoms with E-state index in [9.17, 15) is 9.59 Å². The van der Waals surface area contributed by atoms with Crippen LogP contribution in [0.25, 0.3) is 16.2 Å². The van der Waals surface area contributed by atoms with E-state index in [0.717, 1.165) is 5.56 Å². The minimum Gasteiger partial charge on any atom is -0.465 e. The second kappa shape index (κ2) is 4.90. The largest absolute Gasteiger partial charge is 0.465 e. The fourth-order valence-corrected chi connectivity index (χ4v) is 2.81. The third-order valence-electron chi connectivity index (χ3n) is 2.92. The lowest BCUT2D eigenvalue weighted by atomic mass is 10.2. The summed E-state index contributed by atoms with van der Waals surface area (Å²) in [6, 6.07) is 9.49. The maximum atomic E-state index is 12.4. The molecule has 1 aromatic carbocycles. The van der Waals surface area contributed by atoms with Gasteiger partial charge in [0.1, 0.15) is 5.56 Å². The molecule has 0 aliphatic carbocycles. The molecule has 0 atom stereocenters. The summed E-state index contributed by atoms with van der Waals surface area (Å²) in [5, 5.41) is 1.85. The number of ether oxygens (including phenoxy) is 1. The van der Waals surface area contributed by atoms with Crippen LogP contribution in [0.3, 0.4) is 0 Å². The summed E-state index contributed by atoms with van der Waals surface area (Å²) in [5.74, 6) is -0.679. The van der Waals surface area contributed by atoms with Crippen molar-refractivity contribution in [3.8, 4) is 11.3 Å². The number of rotatable bonds is 2. The first-order chi connectivity index (χ1) is 9.72. The van der Waals surface area contributed by atoms with Crippen LogP contribution in [0, 0.1) is 0 Å². The van der Waals surface area contributed by atoms with Gasteiger partial charge in [-0.05, 0) is 5.56 Å². The number of aromatic nitrogens is 2. The van der Waals surface area contributed by atoms with Crippen molar-refractivity contribution in [1.29, 1.82) is 0 Å². The molecule has 3 rings (SSSR count). The lowest BCUT2D eigenvalue weighted by Crippen LogP contribution is -2.23. The molecule has 20 heavy (non-hydrogen) atoms. The third-order valence-corrected chi connectivity index (χ3v) is 3.76. The Morgan fingerprint density at radius 2 is 2.05 bits per heavy atom. The summed E-state index contributed by atoms with van der Waals surface area (Å²) in [4.78, 5) is 28.7. The monoisotopic (exact) mass is 286 g/mol. The zero-order valence-corrected chi connectivity index (χ0v) is 11.4. The quantitative estimate of drug-likeness (QED) is 0.678. The molecule has 0 unspecified atom stereocenters. The Kier molecular flexibility index (Phi) is 3.08. The van der Waals surface area contributed by atoms with E-state index in [2.05, 4.69) is 9.72 Å². The number of hydrogen-bond acceptors (Lipinski definition) is 5. The maximum absolute atomic E-state index is 12.4. The van der Waals surface area contributed by atoms with Crippen molar-refractivity contribution in [2.24, 2.45) is 0 Å². The Morgan fingerprint density at radius 3 is 2.75 bits per heavy atom. The summed E-state index contributed by atoms with van der Waals surface area (Å²) in [5.41, 5.74) is 1.13. The van der Waals surface area contributed by atoms with Gasteiger partial charge in [-0.25, -0.2) is 9.78 Å². The van der Waals surface area contributed by atoms with Crippen LogP contribution in [0.4, 0.5) is 0 Å². The number of methoxy groups -OCH3 is 1. The first kappa shape index (κ1) is 12.6. The average molecular weight is 286 g/mol. The van der Waals surface area contributed by atoms with E-state index in [-0.39, 0.29) is 5.56 Å². The van der Waals surface area contributed by atoms with E-state index in [4.69, 9.17) is 0 Å². The molecule has 0 spiro atoms. The van der Waals surface area contributed by atoms with E-state index in [1.54, 1.807) is 0 Å². The second-order valence-electron chi connectivity index (χ2n) is 4.07. The SMILES string of the molecule is COC(=O)c1cnc2scc(-c3ccccc3)n2c1=O. The van der Waals surface area contributed by atoms with E-state index in [1.807, 2.05) is 35.7 Å². The summed E-state index contributed by atoms with van der Waals surface area (Å²) in [7, 11) is 1.24. The second-order valence-corrected chi connectivity index (χ2v) is 4.91. The molecule has 0 amide bonds. The van der Waals surface area contributed by atoms with Gasteiger partial charge < -0.3 is 4.74 Å². The summed E-state index contributed by atoms with van der Waals surface area (Å²) in [6.45, 7) is 0. The number of carbonyl (C=O) groups excluding carboxylic acids is 1. The van der Waals surface area contributed by atoms with E-state index >= 15 is 0 Å². The number of esters is 1. The van der Waals surface area contributed by atoms with Gasteiger partial charge in [-0.1, -0.05) is 30.3 Å². The highest BCUT2D eigenvalue weighted by Crippen LogP contribution is 2.23. The molecule has 2 aromatic heterocycles. The molecule has 0 aliphatic heterocycles. The van der Waals surface area contributed by atoms with Gasteiger partial charge in [-0.15, -0.1) is 11.3 Å². The molecule has 0 radical (unpaired) electrons. The number of nitrogens with zero attached hydrogens (tertiary/aromatic N) is 2. The Labute approximate surface area is 118 Å². The molecule has 100 valence electrons. The lowest BCUT2D eigenvalue weighted by Gasteiger charge is -2.03. The van der Waals surface area contributed by atoms with Crippen LogP contribution in [-0.2, 0) is 4.74 Å². The normalized spacial score (nSPS) is 10.7. The molecule has 6 heteroatoms. The summed E-state index contributed by atoms with van der Waals surface area (Å²) in [6.07, 6.45) is 1.26. The Bertz CT molecular complexity index is 836. The molecular weight excluding hydrogens is 276 g/mol. The molecule has 0 saturated heterocycles. The van der Waals surface area contributed by atoms with Crippen LogP contribution >= 0.6 is 11.3 Å². The highest BCUT2D eigenvalue weighted by atomic mass is 32.1. The van der Waals surface area contributed by atoms with Gasteiger partial charge in [-0.2, -0.15) is 0 Å². The molecule has 0 bridgehead atoms. The number of thiazole rings is 1. The molecular formula is C14H10N2O3S. The summed E-state index contributed by atoms with van der Waals surface area (Å²) >= 11 is 1.35. The number of carbonyl (C=O) groups is 1. The van der Waals surface area contributed by atoms with Gasteiger partial charge >= 0.3 is 5.97 Å². The van der Waals surface area contributed by atoms with Gasteiger partial charge in [0.25, 0.3) is 5.56 Å². The van der Waals surface area contributed by atoms with Crippen molar-refractivity contribution in [3.05, 3.63) is 57.8 Å². The minimum atomic E-state index is -0.679. The van der Waals surface area contributed by atoms with Crippen LogP contribution in [0.5, 0.6) is 0 Å². The van der Waals surface area contributed by atoms with E-state index < -0.39 is 11.5 Å². The van der Waals surface area contributed by atoms with E-state index in [1.165, 1.54) is 29.0 Å². The fourth-order valence-electron chi connectivity index (χ4n) is 1.95. The van der Waals surface area contributed by atoms with Crippen molar-refractivity contribution in [2.45, 2.75) is 0 Å². The molecule has 2 heterocycles. The van der Waals surface area contributed by atoms with Crippen LogP contribution in [0.1, 0.15) is 10.4 Å². The maximum Gasteiger partial charge on any atom is 0.345 e. The highest BCUT2D eigenvalue weighted by molar-refractivity contribution is 7.15. The molecule has 3 aromatic rings.